The summed E-state index contributed by atoms with van der Waals surface area (Å²) < 4.78 is 33.3. The van der Waals surface area contributed by atoms with E-state index in [1.165, 1.54) is 16.4 Å². The standard InChI is InChI=1S/C26H25N5O4S/c32-26(19-35-23-8-5-20-3-1-2-4-21(20)17-23)29-22-6-9-24(10-7-22)36(33,34)31-15-13-30(14-16-31)25-18-27-11-12-28-25/h1-12,17-18H,13-16,19H2,(H,29,32). The van der Waals surface area contributed by atoms with Crippen LogP contribution in [0.25, 0.3) is 10.8 Å². The van der Waals surface area contributed by atoms with Crippen molar-refractivity contribution in [3.05, 3.63) is 85.3 Å². The quantitative estimate of drug-likeness (QED) is 0.413. The van der Waals surface area contributed by atoms with Crippen molar-refractivity contribution in [2.24, 2.45) is 0 Å². The Morgan fingerprint density at radius 1 is 0.917 bits per heavy atom. The number of nitrogens with one attached hydrogen (secondary N) is 1. The lowest BCUT2D eigenvalue weighted by Crippen LogP contribution is -2.48. The Balaban J connectivity index is 1.15. The van der Waals surface area contributed by atoms with Gasteiger partial charge in [-0.2, -0.15) is 4.31 Å². The Kier molecular flexibility index (Phi) is 6.79. The molecule has 1 saturated heterocycles. The smallest absolute Gasteiger partial charge is 0.262 e. The van der Waals surface area contributed by atoms with Crippen LogP contribution in [0.2, 0.25) is 0 Å². The molecule has 0 aliphatic carbocycles. The molecule has 184 valence electrons. The molecule has 2 heterocycles. The molecule has 5 rings (SSSR count). The Bertz CT molecular complexity index is 1450. The van der Waals surface area contributed by atoms with E-state index in [1.807, 2.05) is 47.4 Å². The summed E-state index contributed by atoms with van der Waals surface area (Å²) in [6.07, 6.45) is 4.90. The number of benzene rings is 3. The van der Waals surface area contributed by atoms with Gasteiger partial charge in [0.25, 0.3) is 5.91 Å². The number of nitrogens with zero attached hydrogens (tertiary/aromatic N) is 4. The summed E-state index contributed by atoms with van der Waals surface area (Å²) in [5.41, 5.74) is 0.494. The number of aromatic nitrogens is 2. The highest BCUT2D eigenvalue weighted by Gasteiger charge is 2.29. The molecule has 0 spiro atoms. The number of fused-ring (bicyclic) bond motifs is 1. The van der Waals surface area contributed by atoms with Gasteiger partial charge in [0, 0.05) is 44.3 Å². The van der Waals surface area contributed by atoms with Gasteiger partial charge in [-0.15, -0.1) is 0 Å². The van der Waals surface area contributed by atoms with E-state index in [-0.39, 0.29) is 17.4 Å². The summed E-state index contributed by atoms with van der Waals surface area (Å²) in [5.74, 6) is 1.00. The largest absolute Gasteiger partial charge is 0.484 e. The number of amides is 1. The van der Waals surface area contributed by atoms with Crippen molar-refractivity contribution in [2.45, 2.75) is 4.90 Å². The highest BCUT2D eigenvalue weighted by atomic mass is 32.2. The number of anilines is 2. The van der Waals surface area contributed by atoms with Crippen molar-refractivity contribution in [1.82, 2.24) is 14.3 Å². The van der Waals surface area contributed by atoms with Gasteiger partial charge in [0.05, 0.1) is 11.1 Å². The maximum absolute atomic E-state index is 13.1. The molecule has 0 atom stereocenters. The number of hydrogen-bond acceptors (Lipinski definition) is 7. The lowest BCUT2D eigenvalue weighted by Gasteiger charge is -2.34. The third-order valence-electron chi connectivity index (χ3n) is 5.98. The molecule has 0 radical (unpaired) electrons. The molecule has 1 aliphatic heterocycles. The van der Waals surface area contributed by atoms with Crippen LogP contribution < -0.4 is 15.0 Å². The SMILES string of the molecule is O=C(COc1ccc2ccccc2c1)Nc1ccc(S(=O)(=O)N2CCN(c3cnccn3)CC2)cc1. The summed E-state index contributed by atoms with van der Waals surface area (Å²) >= 11 is 0. The predicted molar refractivity (Wildman–Crippen MR) is 138 cm³/mol. The van der Waals surface area contributed by atoms with Crippen LogP contribution in [0, 0.1) is 0 Å². The van der Waals surface area contributed by atoms with E-state index in [9.17, 15) is 13.2 Å². The van der Waals surface area contributed by atoms with Crippen LogP contribution in [0.3, 0.4) is 0 Å². The molecular weight excluding hydrogens is 478 g/mol. The second-order valence-corrected chi connectivity index (χ2v) is 10.3. The highest BCUT2D eigenvalue weighted by Crippen LogP contribution is 2.22. The normalized spacial score (nSPS) is 14.5. The number of sulfonamides is 1. The van der Waals surface area contributed by atoms with E-state index >= 15 is 0 Å². The van der Waals surface area contributed by atoms with E-state index in [2.05, 4.69) is 15.3 Å². The third-order valence-corrected chi connectivity index (χ3v) is 7.89. The lowest BCUT2D eigenvalue weighted by molar-refractivity contribution is -0.118. The first kappa shape index (κ1) is 23.7. The number of carbonyl (C=O) groups excluding carboxylic acids is 1. The predicted octanol–water partition coefficient (Wildman–Crippen LogP) is 3.16. The van der Waals surface area contributed by atoms with Crippen LogP contribution >= 0.6 is 0 Å². The van der Waals surface area contributed by atoms with Gasteiger partial charge in [0.15, 0.2) is 6.61 Å². The van der Waals surface area contributed by atoms with Crippen LogP contribution in [0.1, 0.15) is 0 Å². The Labute approximate surface area is 209 Å². The van der Waals surface area contributed by atoms with Gasteiger partial charge in [-0.3, -0.25) is 9.78 Å². The van der Waals surface area contributed by atoms with Crippen LogP contribution in [-0.2, 0) is 14.8 Å². The Hall–Kier alpha value is -4.02. The van der Waals surface area contributed by atoms with Gasteiger partial charge >= 0.3 is 0 Å². The van der Waals surface area contributed by atoms with E-state index in [1.54, 1.807) is 30.7 Å². The fourth-order valence-corrected chi connectivity index (χ4v) is 5.50. The molecule has 0 unspecified atom stereocenters. The molecule has 36 heavy (non-hydrogen) atoms. The minimum atomic E-state index is -3.64. The first-order chi connectivity index (χ1) is 17.5. The van der Waals surface area contributed by atoms with Crippen molar-refractivity contribution >= 4 is 38.2 Å². The molecule has 10 heteroatoms. The van der Waals surface area contributed by atoms with Crippen molar-refractivity contribution in [2.75, 3.05) is 43.0 Å². The molecular formula is C26H25N5O4S. The average molecular weight is 504 g/mol. The molecule has 1 aliphatic rings. The topological polar surface area (TPSA) is 105 Å². The zero-order valence-corrected chi connectivity index (χ0v) is 20.3. The average Bonchev–Trinajstić information content (AvgIpc) is 2.93. The van der Waals surface area contributed by atoms with Gasteiger partial charge in [0.1, 0.15) is 11.6 Å². The molecule has 1 N–H and O–H groups in total. The van der Waals surface area contributed by atoms with Gasteiger partial charge in [0.2, 0.25) is 10.0 Å². The summed E-state index contributed by atoms with van der Waals surface area (Å²) in [6.45, 7) is 1.61. The lowest BCUT2D eigenvalue weighted by atomic mass is 10.1. The van der Waals surface area contributed by atoms with E-state index in [4.69, 9.17) is 4.74 Å². The number of piperazine rings is 1. The summed E-state index contributed by atoms with van der Waals surface area (Å²) in [4.78, 5) is 22.9. The van der Waals surface area contributed by atoms with Gasteiger partial charge in [-0.1, -0.05) is 30.3 Å². The Morgan fingerprint density at radius 2 is 1.67 bits per heavy atom. The zero-order valence-electron chi connectivity index (χ0n) is 19.4. The second-order valence-electron chi connectivity index (χ2n) is 8.32. The van der Waals surface area contributed by atoms with Crippen molar-refractivity contribution in [1.29, 1.82) is 0 Å². The molecule has 1 amide bonds. The zero-order chi connectivity index (χ0) is 25.0. The maximum Gasteiger partial charge on any atom is 0.262 e. The molecule has 0 saturated carbocycles. The fraction of sp³-hybridized carbons (Fsp3) is 0.192. The molecule has 3 aromatic carbocycles. The number of carbonyl (C=O) groups is 1. The van der Waals surface area contributed by atoms with Crippen molar-refractivity contribution in [3.8, 4) is 5.75 Å². The van der Waals surface area contributed by atoms with Gasteiger partial charge in [-0.25, -0.2) is 13.4 Å². The van der Waals surface area contributed by atoms with E-state index < -0.39 is 10.0 Å². The number of ether oxygens (including phenoxy) is 1. The molecule has 1 aromatic heterocycles. The molecule has 9 nitrogen and oxygen atoms in total. The third kappa shape index (κ3) is 5.29. The number of rotatable bonds is 7. The molecule has 1 fully saturated rings. The van der Waals surface area contributed by atoms with Crippen LogP contribution in [0.5, 0.6) is 5.75 Å². The highest BCUT2D eigenvalue weighted by molar-refractivity contribution is 7.89. The van der Waals surface area contributed by atoms with Crippen LogP contribution in [0.4, 0.5) is 11.5 Å². The van der Waals surface area contributed by atoms with Crippen molar-refractivity contribution in [3.63, 3.8) is 0 Å². The maximum atomic E-state index is 13.1. The van der Waals surface area contributed by atoms with E-state index in [0.717, 1.165) is 16.6 Å². The molecule has 4 aromatic rings. The fourth-order valence-electron chi connectivity index (χ4n) is 4.07. The summed E-state index contributed by atoms with van der Waals surface area (Å²) in [5, 5.41) is 4.86. The summed E-state index contributed by atoms with van der Waals surface area (Å²) in [6, 6.07) is 19.7. The minimum absolute atomic E-state index is 0.158. The van der Waals surface area contributed by atoms with E-state index in [0.29, 0.717) is 37.6 Å². The first-order valence-electron chi connectivity index (χ1n) is 11.5. The van der Waals surface area contributed by atoms with Gasteiger partial charge < -0.3 is 15.0 Å². The number of hydrogen-bond donors (Lipinski definition) is 1. The van der Waals surface area contributed by atoms with Crippen molar-refractivity contribution < 1.29 is 17.9 Å². The Morgan fingerprint density at radius 3 is 2.39 bits per heavy atom. The van der Waals surface area contributed by atoms with Gasteiger partial charge in [-0.05, 0) is 47.2 Å². The molecule has 0 bridgehead atoms. The first-order valence-corrected chi connectivity index (χ1v) is 13.0. The second kappa shape index (κ2) is 10.3. The van der Waals surface area contributed by atoms with Crippen LogP contribution in [-0.4, -0.2) is 61.4 Å². The van der Waals surface area contributed by atoms with Crippen LogP contribution in [0.15, 0.2) is 90.2 Å². The monoisotopic (exact) mass is 503 g/mol. The minimum Gasteiger partial charge on any atom is -0.484 e. The summed E-state index contributed by atoms with van der Waals surface area (Å²) in [7, 11) is -3.64.